The minimum absolute atomic E-state index is 0.536. The van der Waals surface area contributed by atoms with Crippen molar-refractivity contribution in [2.24, 2.45) is 0 Å². The molecule has 18 heavy (non-hydrogen) atoms. The van der Waals surface area contributed by atoms with E-state index >= 15 is 0 Å². The minimum atomic E-state index is 0.536. The summed E-state index contributed by atoms with van der Waals surface area (Å²) in [5.41, 5.74) is 8.67. The molecule has 5 heteroatoms. The molecule has 0 aliphatic carbocycles. The highest BCUT2D eigenvalue weighted by molar-refractivity contribution is 14.1. The van der Waals surface area contributed by atoms with E-state index in [1.807, 2.05) is 6.07 Å². The molecule has 0 unspecified atom stereocenters. The molecule has 0 atom stereocenters. The molecule has 3 N–H and O–H groups in total. The van der Waals surface area contributed by atoms with Gasteiger partial charge in [-0.25, -0.2) is 0 Å². The van der Waals surface area contributed by atoms with Crippen molar-refractivity contribution in [2.75, 3.05) is 18.2 Å². The Bertz CT molecular complexity index is 572. The van der Waals surface area contributed by atoms with Gasteiger partial charge in [-0.15, -0.1) is 0 Å². The van der Waals surface area contributed by atoms with Crippen LogP contribution in [0.15, 0.2) is 30.3 Å². The first kappa shape index (κ1) is 12.9. The molecule has 2 rings (SSSR count). The van der Waals surface area contributed by atoms with Gasteiger partial charge < -0.3 is 15.8 Å². The summed E-state index contributed by atoms with van der Waals surface area (Å²) in [6, 6.07) is 9.61. The van der Waals surface area contributed by atoms with Gasteiger partial charge in [0.25, 0.3) is 0 Å². The van der Waals surface area contributed by atoms with Crippen molar-refractivity contribution in [1.29, 1.82) is 0 Å². The molecular formula is C13H14IN3O. The van der Waals surface area contributed by atoms with Gasteiger partial charge in [-0.2, -0.15) is 4.98 Å². The van der Waals surface area contributed by atoms with Gasteiger partial charge in [0.05, 0.1) is 12.8 Å². The average Bonchev–Trinajstić information content (AvgIpc) is 2.36. The largest absolute Gasteiger partial charge is 0.481 e. The number of benzene rings is 1. The van der Waals surface area contributed by atoms with Crippen LogP contribution in [0.3, 0.4) is 0 Å². The van der Waals surface area contributed by atoms with Gasteiger partial charge in [0.1, 0.15) is 0 Å². The van der Waals surface area contributed by atoms with Crippen LogP contribution in [0.4, 0.5) is 17.2 Å². The van der Waals surface area contributed by atoms with Gasteiger partial charge >= 0.3 is 0 Å². The van der Waals surface area contributed by atoms with Crippen molar-refractivity contribution in [2.45, 2.75) is 6.92 Å². The zero-order valence-corrected chi connectivity index (χ0v) is 12.4. The molecule has 0 aliphatic rings. The summed E-state index contributed by atoms with van der Waals surface area (Å²) in [5, 5.41) is 3.19. The van der Waals surface area contributed by atoms with Crippen molar-refractivity contribution in [1.82, 2.24) is 4.98 Å². The number of nitrogens with one attached hydrogen (secondary N) is 1. The topological polar surface area (TPSA) is 60.2 Å². The Balaban J connectivity index is 2.30. The van der Waals surface area contributed by atoms with Gasteiger partial charge in [0.2, 0.25) is 5.88 Å². The van der Waals surface area contributed by atoms with Crippen LogP contribution in [0.1, 0.15) is 5.56 Å². The summed E-state index contributed by atoms with van der Waals surface area (Å²) in [6.45, 7) is 2.07. The molecule has 0 fully saturated rings. The summed E-state index contributed by atoms with van der Waals surface area (Å²) in [6.07, 6.45) is 0. The number of nitrogens with zero attached hydrogens (tertiary/aromatic N) is 1. The number of nitrogen functional groups attached to an aromatic ring is 1. The van der Waals surface area contributed by atoms with E-state index in [-0.39, 0.29) is 0 Å². The number of aromatic nitrogens is 1. The van der Waals surface area contributed by atoms with Crippen molar-refractivity contribution in [3.63, 3.8) is 0 Å². The number of anilines is 3. The molecular weight excluding hydrogens is 341 g/mol. The van der Waals surface area contributed by atoms with Crippen LogP contribution in [0, 0.1) is 10.5 Å². The Morgan fingerprint density at radius 1 is 1.28 bits per heavy atom. The van der Waals surface area contributed by atoms with Gasteiger partial charge in [0, 0.05) is 15.3 Å². The lowest BCUT2D eigenvalue weighted by atomic mass is 10.2. The van der Waals surface area contributed by atoms with E-state index in [2.05, 4.69) is 51.9 Å². The third kappa shape index (κ3) is 2.84. The van der Waals surface area contributed by atoms with Crippen LogP contribution < -0.4 is 15.8 Å². The van der Waals surface area contributed by atoms with Gasteiger partial charge in [-0.05, 0) is 53.3 Å². The molecule has 1 aromatic carbocycles. The van der Waals surface area contributed by atoms with E-state index in [0.717, 1.165) is 5.69 Å². The second kappa shape index (κ2) is 5.43. The summed E-state index contributed by atoms with van der Waals surface area (Å²) >= 11 is 2.30. The summed E-state index contributed by atoms with van der Waals surface area (Å²) in [5.74, 6) is 1.14. The molecule has 2 aromatic rings. The first-order chi connectivity index (χ1) is 8.60. The van der Waals surface area contributed by atoms with E-state index < -0.39 is 0 Å². The number of hydrogen-bond donors (Lipinski definition) is 2. The molecule has 0 radical (unpaired) electrons. The molecule has 0 saturated carbocycles. The Labute approximate surface area is 120 Å². The minimum Gasteiger partial charge on any atom is -0.481 e. The first-order valence-electron chi connectivity index (χ1n) is 5.44. The SMILES string of the molecule is COc1ccc(N)c(Nc2ccc(C)c(I)c2)n1. The highest BCUT2D eigenvalue weighted by atomic mass is 127. The average molecular weight is 355 g/mol. The number of hydrogen-bond acceptors (Lipinski definition) is 4. The zero-order valence-electron chi connectivity index (χ0n) is 10.2. The number of ether oxygens (including phenoxy) is 1. The van der Waals surface area contributed by atoms with E-state index in [1.54, 1.807) is 19.2 Å². The summed E-state index contributed by atoms with van der Waals surface area (Å²) in [4.78, 5) is 4.28. The molecule has 0 spiro atoms. The van der Waals surface area contributed by atoms with Crippen molar-refractivity contribution >= 4 is 39.8 Å². The first-order valence-corrected chi connectivity index (χ1v) is 6.51. The monoisotopic (exact) mass is 355 g/mol. The number of halogens is 1. The van der Waals surface area contributed by atoms with Crippen LogP contribution in [0.5, 0.6) is 5.88 Å². The third-order valence-corrected chi connectivity index (χ3v) is 3.71. The van der Waals surface area contributed by atoms with Crippen molar-refractivity contribution in [3.8, 4) is 5.88 Å². The fourth-order valence-corrected chi connectivity index (χ4v) is 1.99. The number of rotatable bonds is 3. The Kier molecular flexibility index (Phi) is 3.90. The molecule has 1 heterocycles. The normalized spacial score (nSPS) is 10.2. The molecule has 94 valence electrons. The highest BCUT2D eigenvalue weighted by Crippen LogP contribution is 2.25. The van der Waals surface area contributed by atoms with Crippen LogP contribution in [0.25, 0.3) is 0 Å². The number of pyridine rings is 1. The van der Waals surface area contributed by atoms with E-state index in [1.165, 1.54) is 9.13 Å². The maximum Gasteiger partial charge on any atom is 0.215 e. The predicted molar refractivity (Wildman–Crippen MR) is 82.4 cm³/mol. The maximum absolute atomic E-state index is 5.88. The molecule has 4 nitrogen and oxygen atoms in total. The standard InChI is InChI=1S/C13H14IN3O/c1-8-3-4-9(7-10(8)14)16-13-11(15)5-6-12(17-13)18-2/h3-7H,15H2,1-2H3,(H,16,17). The van der Waals surface area contributed by atoms with Crippen molar-refractivity contribution in [3.05, 3.63) is 39.5 Å². The Morgan fingerprint density at radius 2 is 2.06 bits per heavy atom. The zero-order chi connectivity index (χ0) is 13.1. The van der Waals surface area contributed by atoms with Crippen LogP contribution in [-0.4, -0.2) is 12.1 Å². The third-order valence-electron chi connectivity index (χ3n) is 2.54. The molecule has 0 amide bonds. The second-order valence-electron chi connectivity index (χ2n) is 3.88. The summed E-state index contributed by atoms with van der Waals surface area (Å²) < 4.78 is 6.28. The predicted octanol–water partition coefficient (Wildman–Crippen LogP) is 3.33. The molecule has 1 aromatic heterocycles. The number of aryl methyl sites for hydroxylation is 1. The second-order valence-corrected chi connectivity index (χ2v) is 5.04. The van der Waals surface area contributed by atoms with Crippen LogP contribution >= 0.6 is 22.6 Å². The van der Waals surface area contributed by atoms with E-state index in [0.29, 0.717) is 17.4 Å². The van der Waals surface area contributed by atoms with Crippen LogP contribution in [-0.2, 0) is 0 Å². The van der Waals surface area contributed by atoms with Crippen LogP contribution in [0.2, 0.25) is 0 Å². The number of methoxy groups -OCH3 is 1. The van der Waals surface area contributed by atoms with Crippen molar-refractivity contribution < 1.29 is 4.74 Å². The van der Waals surface area contributed by atoms with Gasteiger partial charge in [-0.3, -0.25) is 0 Å². The van der Waals surface area contributed by atoms with Gasteiger partial charge in [-0.1, -0.05) is 6.07 Å². The number of nitrogens with two attached hydrogens (primary N) is 1. The summed E-state index contributed by atoms with van der Waals surface area (Å²) in [7, 11) is 1.58. The quantitative estimate of drug-likeness (QED) is 0.830. The molecule has 0 saturated heterocycles. The maximum atomic E-state index is 5.88. The molecule has 0 aliphatic heterocycles. The smallest absolute Gasteiger partial charge is 0.215 e. The fourth-order valence-electron chi connectivity index (χ4n) is 1.47. The molecule has 0 bridgehead atoms. The Hall–Kier alpha value is -1.50. The lowest BCUT2D eigenvalue weighted by Gasteiger charge is -2.10. The van der Waals surface area contributed by atoms with Gasteiger partial charge in [0.15, 0.2) is 5.82 Å². The van der Waals surface area contributed by atoms with E-state index in [4.69, 9.17) is 10.5 Å². The lowest BCUT2D eigenvalue weighted by Crippen LogP contribution is -2.01. The highest BCUT2D eigenvalue weighted by Gasteiger charge is 2.05. The fraction of sp³-hybridized carbons (Fsp3) is 0.154. The Morgan fingerprint density at radius 3 is 2.72 bits per heavy atom. The lowest BCUT2D eigenvalue weighted by molar-refractivity contribution is 0.398. The van der Waals surface area contributed by atoms with E-state index in [9.17, 15) is 0 Å².